The van der Waals surface area contributed by atoms with E-state index in [-0.39, 0.29) is 11.2 Å². The maximum absolute atomic E-state index is 12.6. The first-order chi connectivity index (χ1) is 12.5. The topological polar surface area (TPSA) is 66.9 Å². The fourth-order valence-corrected chi connectivity index (χ4v) is 3.42. The molecule has 134 valence electrons. The predicted octanol–water partition coefficient (Wildman–Crippen LogP) is 4.75. The lowest BCUT2D eigenvalue weighted by Crippen LogP contribution is -2.23. The Labute approximate surface area is 161 Å². The van der Waals surface area contributed by atoms with E-state index in [4.69, 9.17) is 11.6 Å². The van der Waals surface area contributed by atoms with E-state index in [1.165, 1.54) is 11.8 Å². The van der Waals surface area contributed by atoms with Gasteiger partial charge in [-0.15, -0.1) is 0 Å². The van der Waals surface area contributed by atoms with Crippen molar-refractivity contribution < 1.29 is 4.79 Å². The van der Waals surface area contributed by atoms with Crippen molar-refractivity contribution in [1.82, 2.24) is 9.97 Å². The van der Waals surface area contributed by atoms with E-state index in [2.05, 4.69) is 20.6 Å². The number of rotatable bonds is 5. The molecule has 0 aliphatic heterocycles. The fourth-order valence-electron chi connectivity index (χ4n) is 2.47. The van der Waals surface area contributed by atoms with Crippen LogP contribution in [0.3, 0.4) is 0 Å². The van der Waals surface area contributed by atoms with Gasteiger partial charge in [0.15, 0.2) is 5.16 Å². The molecule has 1 aromatic heterocycles. The average Bonchev–Trinajstić information content (AvgIpc) is 2.63. The number of para-hydroxylation sites is 1. The number of benzene rings is 2. The summed E-state index contributed by atoms with van der Waals surface area (Å²) in [6, 6.07) is 13.2. The monoisotopic (exact) mass is 386 g/mol. The summed E-state index contributed by atoms with van der Waals surface area (Å²) >= 11 is 7.33. The maximum Gasteiger partial charge on any atom is 0.237 e. The molecule has 0 saturated carbocycles. The van der Waals surface area contributed by atoms with E-state index in [0.717, 1.165) is 22.3 Å². The Balaban J connectivity index is 1.79. The molecule has 0 unspecified atom stereocenters. The minimum absolute atomic E-state index is 0.122. The van der Waals surface area contributed by atoms with Crippen molar-refractivity contribution in [3.8, 4) is 0 Å². The van der Waals surface area contributed by atoms with Gasteiger partial charge in [-0.2, -0.15) is 0 Å². The van der Waals surface area contributed by atoms with Crippen LogP contribution in [-0.2, 0) is 4.79 Å². The van der Waals surface area contributed by atoms with E-state index in [1.54, 1.807) is 12.1 Å². The number of thioether (sulfide) groups is 1. The zero-order chi connectivity index (χ0) is 18.7. The minimum atomic E-state index is -0.362. The predicted molar refractivity (Wildman–Crippen MR) is 109 cm³/mol. The van der Waals surface area contributed by atoms with Crippen LogP contribution >= 0.6 is 23.4 Å². The third-order valence-corrected chi connectivity index (χ3v) is 5.12. The Hall–Kier alpha value is -2.31. The van der Waals surface area contributed by atoms with Crippen molar-refractivity contribution in [2.24, 2.45) is 0 Å². The molecule has 2 aromatic carbocycles. The second-order valence-corrected chi connectivity index (χ2v) is 7.57. The van der Waals surface area contributed by atoms with Gasteiger partial charge in [-0.1, -0.05) is 41.6 Å². The molecule has 1 amide bonds. The lowest BCUT2D eigenvalue weighted by Gasteiger charge is -2.14. The summed E-state index contributed by atoms with van der Waals surface area (Å²) in [7, 11) is 1.82. The van der Waals surface area contributed by atoms with Gasteiger partial charge < -0.3 is 10.6 Å². The normalized spacial score (nSPS) is 12.0. The first kappa shape index (κ1) is 18.5. The molecule has 1 heterocycles. The molecule has 0 aliphatic rings. The molecule has 26 heavy (non-hydrogen) atoms. The molecule has 5 nitrogen and oxygen atoms in total. The Morgan fingerprint density at radius 1 is 1.19 bits per heavy atom. The average molecular weight is 387 g/mol. The van der Waals surface area contributed by atoms with E-state index in [1.807, 2.05) is 51.2 Å². The summed E-state index contributed by atoms with van der Waals surface area (Å²) in [5.74, 6) is 0.625. The number of halogens is 1. The lowest BCUT2D eigenvalue weighted by molar-refractivity contribution is -0.115. The van der Waals surface area contributed by atoms with Crippen LogP contribution in [-0.4, -0.2) is 28.2 Å². The van der Waals surface area contributed by atoms with Crippen molar-refractivity contribution in [2.75, 3.05) is 17.7 Å². The van der Waals surface area contributed by atoms with E-state index < -0.39 is 0 Å². The quantitative estimate of drug-likeness (QED) is 0.489. The molecule has 3 aromatic rings. The number of amides is 1. The molecule has 0 saturated heterocycles. The highest BCUT2D eigenvalue weighted by Crippen LogP contribution is 2.27. The number of anilines is 2. The SMILES string of the molecule is CNc1nc(S[C@H](C)C(=O)Nc2cc(Cl)ccc2C)nc2ccccc12. The van der Waals surface area contributed by atoms with Crippen LogP contribution in [0.4, 0.5) is 11.5 Å². The molecule has 2 N–H and O–H groups in total. The van der Waals surface area contributed by atoms with Crippen LogP contribution in [0.25, 0.3) is 10.9 Å². The van der Waals surface area contributed by atoms with Crippen LogP contribution in [0.15, 0.2) is 47.6 Å². The smallest absolute Gasteiger partial charge is 0.237 e. The van der Waals surface area contributed by atoms with Crippen molar-refractivity contribution >= 4 is 51.7 Å². The van der Waals surface area contributed by atoms with Gasteiger partial charge in [0.05, 0.1) is 10.8 Å². The molecule has 1 atom stereocenters. The van der Waals surface area contributed by atoms with E-state index in [9.17, 15) is 4.79 Å². The summed E-state index contributed by atoms with van der Waals surface area (Å²) in [5.41, 5.74) is 2.51. The Bertz CT molecular complexity index is 963. The molecule has 0 radical (unpaired) electrons. The minimum Gasteiger partial charge on any atom is -0.372 e. The zero-order valence-corrected chi connectivity index (χ0v) is 16.3. The van der Waals surface area contributed by atoms with Gasteiger partial charge in [0.25, 0.3) is 0 Å². The van der Waals surface area contributed by atoms with Crippen LogP contribution < -0.4 is 10.6 Å². The molecular weight excluding hydrogens is 368 g/mol. The fraction of sp³-hybridized carbons (Fsp3) is 0.211. The van der Waals surface area contributed by atoms with Crippen molar-refractivity contribution in [2.45, 2.75) is 24.3 Å². The van der Waals surface area contributed by atoms with Gasteiger partial charge in [-0.05, 0) is 43.7 Å². The second-order valence-electron chi connectivity index (χ2n) is 5.83. The third kappa shape index (κ3) is 4.08. The number of fused-ring (bicyclic) bond motifs is 1. The highest BCUT2D eigenvalue weighted by Gasteiger charge is 2.18. The number of nitrogens with zero attached hydrogens (tertiary/aromatic N) is 2. The summed E-state index contributed by atoms with van der Waals surface area (Å²) in [4.78, 5) is 21.6. The molecule has 0 fully saturated rings. The zero-order valence-electron chi connectivity index (χ0n) is 14.7. The van der Waals surface area contributed by atoms with E-state index >= 15 is 0 Å². The summed E-state index contributed by atoms with van der Waals surface area (Å²) < 4.78 is 0. The highest BCUT2D eigenvalue weighted by molar-refractivity contribution is 8.00. The number of hydrogen-bond acceptors (Lipinski definition) is 5. The van der Waals surface area contributed by atoms with Crippen LogP contribution in [0, 0.1) is 6.92 Å². The Kier molecular flexibility index (Phi) is 5.64. The summed E-state index contributed by atoms with van der Waals surface area (Å²) in [6.45, 7) is 3.76. The lowest BCUT2D eigenvalue weighted by atomic mass is 10.2. The largest absolute Gasteiger partial charge is 0.372 e. The number of carbonyl (C=O) groups is 1. The van der Waals surface area contributed by atoms with Crippen molar-refractivity contribution in [3.05, 3.63) is 53.1 Å². The first-order valence-corrected chi connectivity index (χ1v) is 9.42. The molecule has 0 spiro atoms. The number of hydrogen-bond donors (Lipinski definition) is 2. The molecule has 0 aliphatic carbocycles. The molecular formula is C19H19ClN4OS. The first-order valence-electron chi connectivity index (χ1n) is 8.16. The molecule has 7 heteroatoms. The number of aryl methyl sites for hydroxylation is 1. The van der Waals surface area contributed by atoms with Gasteiger partial charge >= 0.3 is 0 Å². The van der Waals surface area contributed by atoms with Crippen LogP contribution in [0.5, 0.6) is 0 Å². The summed E-state index contributed by atoms with van der Waals surface area (Å²) in [5, 5.41) is 7.74. The maximum atomic E-state index is 12.6. The van der Waals surface area contributed by atoms with Crippen molar-refractivity contribution in [1.29, 1.82) is 0 Å². The van der Waals surface area contributed by atoms with Crippen LogP contribution in [0.2, 0.25) is 5.02 Å². The van der Waals surface area contributed by atoms with Gasteiger partial charge in [0.2, 0.25) is 5.91 Å². The molecule has 3 rings (SSSR count). The van der Waals surface area contributed by atoms with Crippen LogP contribution in [0.1, 0.15) is 12.5 Å². The standard InChI is InChI=1S/C19H19ClN4OS/c1-11-8-9-13(20)10-16(11)22-18(25)12(2)26-19-23-15-7-5-4-6-14(15)17(21-3)24-19/h4-10,12H,1-3H3,(H,22,25)(H,21,23,24)/t12-/m1/s1. The second kappa shape index (κ2) is 7.93. The van der Waals surface area contributed by atoms with E-state index in [0.29, 0.717) is 15.9 Å². The van der Waals surface area contributed by atoms with Gasteiger partial charge in [0, 0.05) is 23.1 Å². The summed E-state index contributed by atoms with van der Waals surface area (Å²) in [6.07, 6.45) is 0. The van der Waals surface area contributed by atoms with Gasteiger partial charge in [-0.3, -0.25) is 4.79 Å². The third-order valence-electron chi connectivity index (χ3n) is 3.93. The number of aromatic nitrogens is 2. The Morgan fingerprint density at radius 3 is 2.73 bits per heavy atom. The Morgan fingerprint density at radius 2 is 1.96 bits per heavy atom. The van der Waals surface area contributed by atoms with Gasteiger partial charge in [0.1, 0.15) is 5.82 Å². The highest BCUT2D eigenvalue weighted by atomic mass is 35.5. The van der Waals surface area contributed by atoms with Crippen molar-refractivity contribution in [3.63, 3.8) is 0 Å². The molecule has 0 bridgehead atoms. The van der Waals surface area contributed by atoms with Gasteiger partial charge in [-0.25, -0.2) is 9.97 Å². The number of carbonyl (C=O) groups excluding carboxylic acids is 1. The number of nitrogens with one attached hydrogen (secondary N) is 2.